The van der Waals surface area contributed by atoms with Crippen molar-refractivity contribution in [3.05, 3.63) is 71.3 Å². The number of rotatable bonds is 3. The second kappa shape index (κ2) is 6.20. The van der Waals surface area contributed by atoms with Gasteiger partial charge in [0.15, 0.2) is 0 Å². The maximum Gasteiger partial charge on any atom is -0.0105 e. The Bertz CT molecular complexity index is 833. The molecule has 0 atom stereocenters. The molecule has 0 saturated heterocycles. The van der Waals surface area contributed by atoms with E-state index in [1.165, 1.54) is 38.6 Å². The van der Waals surface area contributed by atoms with Crippen molar-refractivity contribution in [3.63, 3.8) is 0 Å². The Labute approximate surface area is 140 Å². The minimum Gasteiger partial charge on any atom is -0.0616 e. The summed E-state index contributed by atoms with van der Waals surface area (Å²) in [5.74, 6) is 1.11. The molecule has 0 aliphatic carbocycles. The quantitative estimate of drug-likeness (QED) is 0.485. The number of aryl methyl sites for hydroxylation is 1. The second-order valence-electron chi connectivity index (χ2n) is 7.13. The van der Waals surface area contributed by atoms with Gasteiger partial charge in [0.2, 0.25) is 0 Å². The first-order valence-corrected chi connectivity index (χ1v) is 8.61. The molecule has 3 aromatic carbocycles. The molecule has 0 heteroatoms. The molecule has 0 radical (unpaired) electrons. The van der Waals surface area contributed by atoms with Crippen molar-refractivity contribution in [1.82, 2.24) is 0 Å². The highest BCUT2D eigenvalue weighted by Crippen LogP contribution is 2.36. The van der Waals surface area contributed by atoms with E-state index >= 15 is 0 Å². The minimum atomic E-state index is 0.543. The lowest BCUT2D eigenvalue weighted by molar-refractivity contribution is 0.784. The van der Waals surface area contributed by atoms with Crippen LogP contribution in [-0.2, 0) is 0 Å². The van der Waals surface area contributed by atoms with Gasteiger partial charge < -0.3 is 0 Å². The van der Waals surface area contributed by atoms with E-state index in [-0.39, 0.29) is 0 Å². The van der Waals surface area contributed by atoms with E-state index in [0.29, 0.717) is 11.8 Å². The Balaban J connectivity index is 2.28. The summed E-state index contributed by atoms with van der Waals surface area (Å²) in [6.45, 7) is 11.5. The summed E-state index contributed by atoms with van der Waals surface area (Å²) < 4.78 is 0. The van der Waals surface area contributed by atoms with Gasteiger partial charge in [-0.2, -0.15) is 0 Å². The first kappa shape index (κ1) is 15.8. The van der Waals surface area contributed by atoms with Gasteiger partial charge in [0.1, 0.15) is 0 Å². The minimum absolute atomic E-state index is 0.543. The third kappa shape index (κ3) is 2.91. The lowest BCUT2D eigenvalue weighted by Crippen LogP contribution is -2.02. The molecule has 0 fully saturated rings. The van der Waals surface area contributed by atoms with Crippen molar-refractivity contribution in [1.29, 1.82) is 0 Å². The summed E-state index contributed by atoms with van der Waals surface area (Å²) in [5, 5.41) is 2.64. The molecule has 0 unspecified atom stereocenters. The summed E-state index contributed by atoms with van der Waals surface area (Å²) in [6.07, 6.45) is 0. The molecule has 0 amide bonds. The Morgan fingerprint density at radius 2 is 1.43 bits per heavy atom. The van der Waals surface area contributed by atoms with Gasteiger partial charge in [0.05, 0.1) is 0 Å². The van der Waals surface area contributed by atoms with E-state index in [0.717, 1.165) is 0 Å². The zero-order chi connectivity index (χ0) is 16.6. The first-order valence-electron chi connectivity index (χ1n) is 8.61. The molecule has 23 heavy (non-hydrogen) atoms. The number of hydrogen-bond donors (Lipinski definition) is 0. The molecule has 0 aromatic heterocycles. The van der Waals surface area contributed by atoms with Crippen molar-refractivity contribution in [2.24, 2.45) is 0 Å². The SMILES string of the molecule is Cc1cc(-c2cccc3ccccc23)cc(C(C)C)c1C(C)C. The molecule has 0 saturated carbocycles. The van der Waals surface area contributed by atoms with Crippen LogP contribution in [0.15, 0.2) is 54.6 Å². The summed E-state index contributed by atoms with van der Waals surface area (Å²) in [7, 11) is 0. The van der Waals surface area contributed by atoms with Crippen LogP contribution < -0.4 is 0 Å². The van der Waals surface area contributed by atoms with E-state index in [1.54, 1.807) is 0 Å². The van der Waals surface area contributed by atoms with Crippen molar-refractivity contribution in [3.8, 4) is 11.1 Å². The molecule has 0 aliphatic heterocycles. The van der Waals surface area contributed by atoms with Crippen LogP contribution in [0.2, 0.25) is 0 Å². The highest BCUT2D eigenvalue weighted by molar-refractivity contribution is 5.96. The molecular formula is C23H26. The normalized spacial score (nSPS) is 11.6. The fourth-order valence-corrected chi connectivity index (χ4v) is 3.72. The molecule has 0 bridgehead atoms. The van der Waals surface area contributed by atoms with E-state index in [1.807, 2.05) is 0 Å². The first-order chi connectivity index (χ1) is 11.0. The topological polar surface area (TPSA) is 0 Å². The summed E-state index contributed by atoms with van der Waals surface area (Å²) >= 11 is 0. The summed E-state index contributed by atoms with van der Waals surface area (Å²) in [5.41, 5.74) is 7.09. The third-order valence-corrected chi connectivity index (χ3v) is 4.72. The van der Waals surface area contributed by atoms with Crippen LogP contribution in [0.1, 0.15) is 56.2 Å². The zero-order valence-corrected chi connectivity index (χ0v) is 14.9. The van der Waals surface area contributed by atoms with Crippen LogP contribution in [0, 0.1) is 6.92 Å². The summed E-state index contributed by atoms with van der Waals surface area (Å²) in [4.78, 5) is 0. The lowest BCUT2D eigenvalue weighted by atomic mass is 9.84. The fourth-order valence-electron chi connectivity index (χ4n) is 3.72. The van der Waals surface area contributed by atoms with Gasteiger partial charge in [-0.15, -0.1) is 0 Å². The van der Waals surface area contributed by atoms with E-state index in [4.69, 9.17) is 0 Å². The van der Waals surface area contributed by atoms with Crippen LogP contribution in [0.3, 0.4) is 0 Å². The molecule has 0 N–H and O–H groups in total. The van der Waals surface area contributed by atoms with Crippen LogP contribution in [0.25, 0.3) is 21.9 Å². The number of hydrogen-bond acceptors (Lipinski definition) is 0. The predicted molar refractivity (Wildman–Crippen MR) is 102 cm³/mol. The Hall–Kier alpha value is -2.08. The van der Waals surface area contributed by atoms with Crippen LogP contribution in [-0.4, -0.2) is 0 Å². The molecule has 0 spiro atoms. The van der Waals surface area contributed by atoms with Crippen molar-refractivity contribution in [2.75, 3.05) is 0 Å². The van der Waals surface area contributed by atoms with Gasteiger partial charge in [-0.25, -0.2) is 0 Å². The molecule has 0 heterocycles. The maximum atomic E-state index is 2.41. The predicted octanol–water partition coefficient (Wildman–Crippen LogP) is 7.06. The monoisotopic (exact) mass is 302 g/mol. The Morgan fingerprint density at radius 1 is 0.739 bits per heavy atom. The van der Waals surface area contributed by atoms with Crippen LogP contribution >= 0.6 is 0 Å². The molecule has 0 nitrogen and oxygen atoms in total. The molecule has 118 valence electrons. The smallest absolute Gasteiger partial charge is 0.0105 e. The number of benzene rings is 3. The van der Waals surface area contributed by atoms with Crippen LogP contribution in [0.4, 0.5) is 0 Å². The van der Waals surface area contributed by atoms with Crippen molar-refractivity contribution in [2.45, 2.75) is 46.5 Å². The average Bonchev–Trinajstić information content (AvgIpc) is 2.53. The van der Waals surface area contributed by atoms with Gasteiger partial charge in [0, 0.05) is 0 Å². The highest BCUT2D eigenvalue weighted by Gasteiger charge is 2.15. The van der Waals surface area contributed by atoms with Crippen molar-refractivity contribution < 1.29 is 0 Å². The Morgan fingerprint density at radius 3 is 2.13 bits per heavy atom. The molecule has 3 rings (SSSR count). The van der Waals surface area contributed by atoms with Gasteiger partial charge in [0.25, 0.3) is 0 Å². The average molecular weight is 302 g/mol. The summed E-state index contributed by atoms with van der Waals surface area (Å²) in [6, 6.07) is 20.0. The second-order valence-corrected chi connectivity index (χ2v) is 7.13. The lowest BCUT2D eigenvalue weighted by Gasteiger charge is -2.21. The zero-order valence-electron chi connectivity index (χ0n) is 14.9. The molecule has 3 aromatic rings. The van der Waals surface area contributed by atoms with E-state index in [2.05, 4.69) is 89.2 Å². The van der Waals surface area contributed by atoms with E-state index in [9.17, 15) is 0 Å². The number of fused-ring (bicyclic) bond motifs is 1. The van der Waals surface area contributed by atoms with Gasteiger partial charge in [-0.1, -0.05) is 82.3 Å². The molecular weight excluding hydrogens is 276 g/mol. The molecule has 0 aliphatic rings. The maximum absolute atomic E-state index is 2.41. The van der Waals surface area contributed by atoms with Crippen molar-refractivity contribution >= 4 is 10.8 Å². The Kier molecular flexibility index (Phi) is 4.26. The fraction of sp³-hybridized carbons (Fsp3) is 0.304. The standard InChI is InChI=1S/C23H26/c1-15(2)22-14-19(13-17(5)23(22)16(3)4)21-12-8-10-18-9-6-7-11-20(18)21/h6-16H,1-5H3. The van der Waals surface area contributed by atoms with Gasteiger partial charge in [-0.3, -0.25) is 0 Å². The van der Waals surface area contributed by atoms with Crippen LogP contribution in [0.5, 0.6) is 0 Å². The van der Waals surface area contributed by atoms with E-state index < -0.39 is 0 Å². The third-order valence-electron chi connectivity index (χ3n) is 4.72. The van der Waals surface area contributed by atoms with Gasteiger partial charge in [-0.05, 0) is 57.3 Å². The highest BCUT2D eigenvalue weighted by atomic mass is 14.2. The van der Waals surface area contributed by atoms with Gasteiger partial charge >= 0.3 is 0 Å². The largest absolute Gasteiger partial charge is 0.0616 e.